The average molecular weight is 379 g/mol. The van der Waals surface area contributed by atoms with Crippen molar-refractivity contribution in [1.82, 2.24) is 0 Å². The highest BCUT2D eigenvalue weighted by Gasteiger charge is 2.41. The van der Waals surface area contributed by atoms with Gasteiger partial charge in [0.25, 0.3) is 11.8 Å². The fourth-order valence-electron chi connectivity index (χ4n) is 2.83. The Bertz CT molecular complexity index is 940. The molecule has 5 nitrogen and oxygen atoms in total. The molecule has 2 N–H and O–H groups in total. The van der Waals surface area contributed by atoms with E-state index in [9.17, 15) is 27.2 Å². The molecule has 140 valence electrons. The average Bonchev–Trinajstić information content (AvgIpc) is 2.71. The molecular formula is C18H13F4N3O2. The van der Waals surface area contributed by atoms with E-state index in [4.69, 9.17) is 5.73 Å². The molecule has 1 heterocycles. The number of hydrogen-bond acceptors (Lipinski definition) is 3. The number of para-hydroxylation sites is 1. The normalized spacial score (nSPS) is 17.2. The van der Waals surface area contributed by atoms with Crippen molar-refractivity contribution < 1.29 is 27.2 Å². The highest BCUT2D eigenvalue weighted by atomic mass is 19.4. The Labute approximate surface area is 151 Å². The largest absolute Gasteiger partial charge is 0.406 e. The van der Waals surface area contributed by atoms with Crippen LogP contribution in [0.5, 0.6) is 0 Å². The van der Waals surface area contributed by atoms with Crippen molar-refractivity contribution in [1.29, 1.82) is 0 Å². The van der Waals surface area contributed by atoms with Gasteiger partial charge in [-0.05, 0) is 18.2 Å². The third-order valence-electron chi connectivity index (χ3n) is 3.94. The van der Waals surface area contributed by atoms with Crippen LogP contribution in [0.2, 0.25) is 0 Å². The molecule has 1 aliphatic rings. The monoisotopic (exact) mass is 379 g/mol. The summed E-state index contributed by atoms with van der Waals surface area (Å²) in [5.74, 6) is -3.15. The third-order valence-corrected chi connectivity index (χ3v) is 3.94. The number of halogens is 4. The molecule has 2 amide bonds. The summed E-state index contributed by atoms with van der Waals surface area (Å²) in [6.45, 7) is -1.63. The molecule has 0 aromatic heterocycles. The lowest BCUT2D eigenvalue weighted by molar-refractivity contribution is -0.136. The number of anilines is 1. The van der Waals surface area contributed by atoms with Gasteiger partial charge in [0.2, 0.25) is 6.04 Å². The van der Waals surface area contributed by atoms with Gasteiger partial charge in [-0.15, -0.1) is 0 Å². The van der Waals surface area contributed by atoms with Gasteiger partial charge in [0.1, 0.15) is 12.4 Å². The molecule has 1 aliphatic heterocycles. The van der Waals surface area contributed by atoms with Gasteiger partial charge in [0.05, 0.1) is 11.4 Å². The van der Waals surface area contributed by atoms with Gasteiger partial charge in [-0.25, -0.2) is 4.39 Å². The number of alkyl halides is 3. The van der Waals surface area contributed by atoms with Crippen molar-refractivity contribution in [3.05, 3.63) is 65.5 Å². The second-order valence-corrected chi connectivity index (χ2v) is 5.82. The lowest BCUT2D eigenvalue weighted by Crippen LogP contribution is -2.47. The van der Waals surface area contributed by atoms with E-state index in [2.05, 4.69) is 4.99 Å². The SMILES string of the molecule is NC(=O)[C@@H]1N=C(c2ccccc2F)c2ccccc2N(CC(F)(F)F)C1=O. The lowest BCUT2D eigenvalue weighted by atomic mass is 9.99. The highest BCUT2D eigenvalue weighted by molar-refractivity contribution is 6.23. The van der Waals surface area contributed by atoms with E-state index in [1.807, 2.05) is 0 Å². The van der Waals surface area contributed by atoms with Crippen molar-refractivity contribution in [3.8, 4) is 0 Å². The number of hydrogen-bond donors (Lipinski definition) is 1. The van der Waals surface area contributed by atoms with Gasteiger partial charge in [-0.2, -0.15) is 13.2 Å². The summed E-state index contributed by atoms with van der Waals surface area (Å²) in [6.07, 6.45) is -4.73. The number of carbonyl (C=O) groups is 2. The molecule has 0 radical (unpaired) electrons. The van der Waals surface area contributed by atoms with Crippen LogP contribution >= 0.6 is 0 Å². The Morgan fingerprint density at radius 2 is 1.67 bits per heavy atom. The summed E-state index contributed by atoms with van der Waals surface area (Å²) in [5, 5.41) is 0. The molecule has 0 fully saturated rings. The predicted molar refractivity (Wildman–Crippen MR) is 89.9 cm³/mol. The van der Waals surface area contributed by atoms with Crippen LogP contribution in [0.4, 0.5) is 23.2 Å². The minimum atomic E-state index is -4.73. The number of rotatable bonds is 3. The topological polar surface area (TPSA) is 75.8 Å². The first-order chi connectivity index (χ1) is 12.7. The molecule has 1 atom stereocenters. The summed E-state index contributed by atoms with van der Waals surface area (Å²) in [5.41, 5.74) is 4.97. The molecule has 0 saturated heterocycles. The first-order valence-corrected chi connectivity index (χ1v) is 7.78. The molecule has 9 heteroatoms. The van der Waals surface area contributed by atoms with Crippen LogP contribution in [-0.2, 0) is 9.59 Å². The van der Waals surface area contributed by atoms with Crippen LogP contribution in [0.15, 0.2) is 53.5 Å². The number of benzene rings is 2. The van der Waals surface area contributed by atoms with Crippen LogP contribution in [0, 0.1) is 5.82 Å². The molecule has 0 bridgehead atoms. The number of aliphatic imine (C=N–C) groups is 1. The van der Waals surface area contributed by atoms with Crippen LogP contribution in [-0.4, -0.2) is 36.3 Å². The quantitative estimate of drug-likeness (QED) is 0.657. The molecule has 0 unspecified atom stereocenters. The number of nitrogens with two attached hydrogens (primary N) is 1. The Morgan fingerprint density at radius 1 is 1.07 bits per heavy atom. The number of nitrogens with zero attached hydrogens (tertiary/aromatic N) is 2. The Balaban J connectivity index is 2.28. The van der Waals surface area contributed by atoms with Crippen molar-refractivity contribution in [3.63, 3.8) is 0 Å². The molecule has 3 rings (SSSR count). The van der Waals surface area contributed by atoms with Crippen LogP contribution in [0.3, 0.4) is 0 Å². The maximum atomic E-state index is 14.3. The van der Waals surface area contributed by atoms with Crippen molar-refractivity contribution in [2.45, 2.75) is 12.2 Å². The van der Waals surface area contributed by atoms with Gasteiger partial charge in [-0.1, -0.05) is 30.3 Å². The maximum Gasteiger partial charge on any atom is 0.406 e. The smallest absolute Gasteiger partial charge is 0.367 e. The fourth-order valence-corrected chi connectivity index (χ4v) is 2.83. The molecule has 0 saturated carbocycles. The second-order valence-electron chi connectivity index (χ2n) is 5.82. The lowest BCUT2D eigenvalue weighted by Gasteiger charge is -2.25. The predicted octanol–water partition coefficient (Wildman–Crippen LogP) is 2.43. The third kappa shape index (κ3) is 3.67. The zero-order chi connectivity index (χ0) is 19.8. The number of fused-ring (bicyclic) bond motifs is 1. The molecule has 2 aromatic carbocycles. The zero-order valence-electron chi connectivity index (χ0n) is 13.7. The minimum absolute atomic E-state index is 0.0575. The summed E-state index contributed by atoms with van der Waals surface area (Å²) >= 11 is 0. The number of amides is 2. The first-order valence-electron chi connectivity index (χ1n) is 7.78. The van der Waals surface area contributed by atoms with Gasteiger partial charge in [0.15, 0.2) is 0 Å². The highest BCUT2D eigenvalue weighted by Crippen LogP contribution is 2.31. The number of benzodiazepines with no additional fused rings is 1. The van der Waals surface area contributed by atoms with Crippen molar-refractivity contribution in [2.24, 2.45) is 10.7 Å². The van der Waals surface area contributed by atoms with Gasteiger partial charge < -0.3 is 10.6 Å². The van der Waals surface area contributed by atoms with E-state index in [-0.39, 0.29) is 22.5 Å². The fraction of sp³-hybridized carbons (Fsp3) is 0.167. The summed E-state index contributed by atoms with van der Waals surface area (Å²) in [4.78, 5) is 28.7. The zero-order valence-corrected chi connectivity index (χ0v) is 13.7. The molecule has 0 spiro atoms. The molecular weight excluding hydrogens is 366 g/mol. The van der Waals surface area contributed by atoms with E-state index < -0.39 is 36.4 Å². The van der Waals surface area contributed by atoms with Gasteiger partial charge in [0, 0.05) is 11.1 Å². The van der Waals surface area contributed by atoms with E-state index in [1.54, 1.807) is 0 Å². The molecule has 0 aliphatic carbocycles. The summed E-state index contributed by atoms with van der Waals surface area (Å²) in [7, 11) is 0. The molecule has 27 heavy (non-hydrogen) atoms. The van der Waals surface area contributed by atoms with Gasteiger partial charge in [-0.3, -0.25) is 14.6 Å². The van der Waals surface area contributed by atoms with Crippen molar-refractivity contribution >= 4 is 23.2 Å². The Kier molecular flexibility index (Phi) is 4.69. The van der Waals surface area contributed by atoms with Crippen molar-refractivity contribution in [2.75, 3.05) is 11.4 Å². The van der Waals surface area contributed by atoms with E-state index in [1.165, 1.54) is 42.5 Å². The van der Waals surface area contributed by atoms with E-state index in [0.29, 0.717) is 4.90 Å². The minimum Gasteiger partial charge on any atom is -0.367 e. The summed E-state index contributed by atoms with van der Waals surface area (Å²) < 4.78 is 53.5. The maximum absolute atomic E-state index is 14.3. The van der Waals surface area contributed by atoms with Crippen LogP contribution in [0.1, 0.15) is 11.1 Å². The summed E-state index contributed by atoms with van der Waals surface area (Å²) in [6, 6.07) is 9.13. The first kappa shape index (κ1) is 18.6. The van der Waals surface area contributed by atoms with E-state index in [0.717, 1.165) is 6.07 Å². The van der Waals surface area contributed by atoms with Crippen LogP contribution in [0.25, 0.3) is 0 Å². The van der Waals surface area contributed by atoms with Gasteiger partial charge >= 0.3 is 6.18 Å². The standard InChI is InChI=1S/C18H13F4N3O2/c19-12-7-3-1-5-10(12)14-11-6-2-4-8-13(11)25(9-18(20,21)22)17(27)15(24-14)16(23)26/h1-8,15H,9H2,(H2,23,26)/t15-/m0/s1. The van der Waals surface area contributed by atoms with E-state index >= 15 is 0 Å². The Hall–Kier alpha value is -3.23. The second kappa shape index (κ2) is 6.82. The Morgan fingerprint density at radius 3 is 2.26 bits per heavy atom. The number of primary amides is 1. The molecule has 2 aromatic rings. The van der Waals surface area contributed by atoms with Crippen LogP contribution < -0.4 is 10.6 Å². The number of carbonyl (C=O) groups excluding carboxylic acids is 2.